The molecule has 20 heavy (non-hydrogen) atoms. The fourth-order valence-corrected chi connectivity index (χ4v) is 2.32. The van der Waals surface area contributed by atoms with Crippen LogP contribution in [0.3, 0.4) is 0 Å². The van der Waals surface area contributed by atoms with Crippen LogP contribution in [0.5, 0.6) is 0 Å². The van der Waals surface area contributed by atoms with Gasteiger partial charge in [0.15, 0.2) is 0 Å². The molecule has 1 aromatic heterocycles. The van der Waals surface area contributed by atoms with Gasteiger partial charge in [0.25, 0.3) is 0 Å². The number of carbonyl (C=O) groups excluding carboxylic acids is 2. The Morgan fingerprint density at radius 2 is 2.10 bits per heavy atom. The maximum atomic E-state index is 11.7. The highest BCUT2D eigenvalue weighted by atomic mass is 16.2. The molecule has 2 amide bonds. The molecule has 1 aromatic rings. The number of nitrogens with zero attached hydrogens (tertiary/aromatic N) is 2. The van der Waals surface area contributed by atoms with Crippen molar-refractivity contribution in [1.82, 2.24) is 15.2 Å². The van der Waals surface area contributed by atoms with Gasteiger partial charge in [-0.05, 0) is 37.0 Å². The molecule has 1 N–H and O–H groups in total. The molecule has 0 aliphatic carbocycles. The molecule has 1 fully saturated rings. The summed E-state index contributed by atoms with van der Waals surface area (Å²) in [5, 5.41) is 2.87. The number of pyridine rings is 1. The van der Waals surface area contributed by atoms with E-state index < -0.39 is 0 Å². The van der Waals surface area contributed by atoms with E-state index in [1.807, 2.05) is 17.0 Å². The molecular formula is C15H21N3O2. The number of hydrogen-bond acceptors (Lipinski definition) is 3. The number of rotatable bonds is 6. The van der Waals surface area contributed by atoms with E-state index in [0.29, 0.717) is 25.9 Å². The van der Waals surface area contributed by atoms with Crippen molar-refractivity contribution in [3.63, 3.8) is 0 Å². The summed E-state index contributed by atoms with van der Waals surface area (Å²) in [6.07, 6.45) is 7.37. The average Bonchev–Trinajstić information content (AvgIpc) is 2.48. The van der Waals surface area contributed by atoms with Crippen molar-refractivity contribution in [2.45, 2.75) is 32.1 Å². The second-order valence-corrected chi connectivity index (χ2v) is 5.04. The first kappa shape index (κ1) is 14.5. The maximum absolute atomic E-state index is 11.7. The molecular weight excluding hydrogens is 254 g/mol. The molecule has 5 nitrogen and oxygen atoms in total. The normalized spacial score (nSPS) is 15.2. The molecule has 0 atom stereocenters. The van der Waals surface area contributed by atoms with Gasteiger partial charge in [-0.25, -0.2) is 0 Å². The molecule has 0 radical (unpaired) electrons. The quantitative estimate of drug-likeness (QED) is 0.847. The number of amides is 2. The molecule has 2 heterocycles. The van der Waals surface area contributed by atoms with Gasteiger partial charge in [-0.1, -0.05) is 0 Å². The van der Waals surface area contributed by atoms with Crippen molar-refractivity contribution in [3.05, 3.63) is 30.1 Å². The summed E-state index contributed by atoms with van der Waals surface area (Å²) in [4.78, 5) is 29.1. The molecule has 5 heteroatoms. The predicted molar refractivity (Wildman–Crippen MR) is 76.0 cm³/mol. The SMILES string of the molecule is O=C(CCc1ccncc1)NCCN1CCCCC1=O. The second-order valence-electron chi connectivity index (χ2n) is 5.04. The third kappa shape index (κ3) is 4.64. The Kier molecular flexibility index (Phi) is 5.53. The first-order valence-corrected chi connectivity index (χ1v) is 7.19. The van der Waals surface area contributed by atoms with Crippen LogP contribution in [0.1, 0.15) is 31.2 Å². The Bertz CT molecular complexity index is 448. The van der Waals surface area contributed by atoms with Gasteiger partial charge >= 0.3 is 0 Å². The first-order chi connectivity index (χ1) is 9.75. The van der Waals surface area contributed by atoms with Crippen LogP contribution in [0.25, 0.3) is 0 Å². The van der Waals surface area contributed by atoms with Crippen molar-refractivity contribution in [2.24, 2.45) is 0 Å². The Labute approximate surface area is 119 Å². The largest absolute Gasteiger partial charge is 0.354 e. The Morgan fingerprint density at radius 3 is 2.85 bits per heavy atom. The van der Waals surface area contributed by atoms with Crippen LogP contribution in [0.4, 0.5) is 0 Å². The van der Waals surface area contributed by atoms with E-state index in [2.05, 4.69) is 10.3 Å². The minimum atomic E-state index is 0.0336. The number of aryl methyl sites for hydroxylation is 1. The van der Waals surface area contributed by atoms with Crippen LogP contribution in [-0.4, -0.2) is 41.3 Å². The molecule has 1 saturated heterocycles. The lowest BCUT2D eigenvalue weighted by molar-refractivity contribution is -0.133. The van der Waals surface area contributed by atoms with Gasteiger partial charge in [0, 0.05) is 44.9 Å². The van der Waals surface area contributed by atoms with Crippen LogP contribution in [0.2, 0.25) is 0 Å². The minimum Gasteiger partial charge on any atom is -0.354 e. The topological polar surface area (TPSA) is 62.3 Å². The summed E-state index contributed by atoms with van der Waals surface area (Å²) >= 11 is 0. The molecule has 0 spiro atoms. The molecule has 2 rings (SSSR count). The van der Waals surface area contributed by atoms with E-state index in [9.17, 15) is 9.59 Å². The maximum Gasteiger partial charge on any atom is 0.222 e. The van der Waals surface area contributed by atoms with E-state index in [1.54, 1.807) is 12.4 Å². The molecule has 0 unspecified atom stereocenters. The highest BCUT2D eigenvalue weighted by Gasteiger charge is 2.17. The number of hydrogen-bond donors (Lipinski definition) is 1. The number of aromatic nitrogens is 1. The van der Waals surface area contributed by atoms with E-state index in [0.717, 1.165) is 31.4 Å². The number of likely N-dealkylation sites (tertiary alicyclic amines) is 1. The fraction of sp³-hybridized carbons (Fsp3) is 0.533. The minimum absolute atomic E-state index is 0.0336. The highest BCUT2D eigenvalue weighted by Crippen LogP contribution is 2.09. The lowest BCUT2D eigenvalue weighted by Crippen LogP contribution is -2.41. The summed E-state index contributed by atoms with van der Waals surface area (Å²) in [5.41, 5.74) is 1.11. The zero-order chi connectivity index (χ0) is 14.2. The third-order valence-corrected chi connectivity index (χ3v) is 3.52. The Balaban J connectivity index is 1.61. The fourth-order valence-electron chi connectivity index (χ4n) is 2.32. The van der Waals surface area contributed by atoms with Gasteiger partial charge in [0.1, 0.15) is 0 Å². The van der Waals surface area contributed by atoms with Gasteiger partial charge in [-0.3, -0.25) is 14.6 Å². The van der Waals surface area contributed by atoms with Gasteiger partial charge in [-0.15, -0.1) is 0 Å². The summed E-state index contributed by atoms with van der Waals surface area (Å²) in [6, 6.07) is 3.83. The van der Waals surface area contributed by atoms with Crippen molar-refractivity contribution in [2.75, 3.05) is 19.6 Å². The molecule has 0 saturated carbocycles. The molecule has 108 valence electrons. The molecule has 1 aliphatic rings. The second kappa shape index (κ2) is 7.62. The van der Waals surface area contributed by atoms with Crippen LogP contribution >= 0.6 is 0 Å². The van der Waals surface area contributed by atoms with Crippen LogP contribution in [0.15, 0.2) is 24.5 Å². The molecule has 0 bridgehead atoms. The van der Waals surface area contributed by atoms with Crippen LogP contribution < -0.4 is 5.32 Å². The summed E-state index contributed by atoms with van der Waals surface area (Å²) in [7, 11) is 0. The standard InChI is InChI=1S/C15H21N3O2/c19-14(5-4-13-6-8-16-9-7-13)17-10-12-18-11-2-1-3-15(18)20/h6-9H,1-5,10-12H2,(H,17,19). The van der Waals surface area contributed by atoms with E-state index >= 15 is 0 Å². The zero-order valence-corrected chi connectivity index (χ0v) is 11.7. The summed E-state index contributed by atoms with van der Waals surface area (Å²) < 4.78 is 0. The first-order valence-electron chi connectivity index (χ1n) is 7.19. The van der Waals surface area contributed by atoms with Crippen molar-refractivity contribution in [3.8, 4) is 0 Å². The van der Waals surface area contributed by atoms with E-state index in [-0.39, 0.29) is 11.8 Å². The van der Waals surface area contributed by atoms with Crippen LogP contribution in [-0.2, 0) is 16.0 Å². The summed E-state index contributed by atoms with van der Waals surface area (Å²) in [6.45, 7) is 1.99. The number of carbonyl (C=O) groups is 2. The van der Waals surface area contributed by atoms with Crippen molar-refractivity contribution in [1.29, 1.82) is 0 Å². The predicted octanol–water partition coefficient (Wildman–Crippen LogP) is 1.14. The lowest BCUT2D eigenvalue weighted by atomic mass is 10.1. The average molecular weight is 275 g/mol. The van der Waals surface area contributed by atoms with Crippen LogP contribution in [0, 0.1) is 0 Å². The Morgan fingerprint density at radius 1 is 1.30 bits per heavy atom. The van der Waals surface area contributed by atoms with Gasteiger partial charge in [-0.2, -0.15) is 0 Å². The van der Waals surface area contributed by atoms with E-state index in [4.69, 9.17) is 0 Å². The van der Waals surface area contributed by atoms with Gasteiger partial charge < -0.3 is 10.2 Å². The highest BCUT2D eigenvalue weighted by molar-refractivity contribution is 5.77. The van der Waals surface area contributed by atoms with Gasteiger partial charge in [0.2, 0.25) is 11.8 Å². The van der Waals surface area contributed by atoms with Crippen molar-refractivity contribution < 1.29 is 9.59 Å². The van der Waals surface area contributed by atoms with Gasteiger partial charge in [0.05, 0.1) is 0 Å². The van der Waals surface area contributed by atoms with E-state index in [1.165, 1.54) is 0 Å². The zero-order valence-electron chi connectivity index (χ0n) is 11.7. The summed E-state index contributed by atoms with van der Waals surface area (Å²) in [5.74, 6) is 0.244. The number of nitrogens with one attached hydrogen (secondary N) is 1. The Hall–Kier alpha value is -1.91. The lowest BCUT2D eigenvalue weighted by Gasteiger charge is -2.26. The molecule has 1 aliphatic heterocycles. The smallest absolute Gasteiger partial charge is 0.222 e. The third-order valence-electron chi connectivity index (χ3n) is 3.52. The number of piperidine rings is 1. The molecule has 0 aromatic carbocycles. The van der Waals surface area contributed by atoms with Crippen molar-refractivity contribution >= 4 is 11.8 Å². The monoisotopic (exact) mass is 275 g/mol.